The molecular formula is C31H35F3N6O2. The second kappa shape index (κ2) is 12.5. The van der Waals surface area contributed by atoms with Gasteiger partial charge in [-0.3, -0.25) is 4.90 Å². The van der Waals surface area contributed by atoms with Gasteiger partial charge in [-0.1, -0.05) is 48.9 Å². The average Bonchev–Trinajstić information content (AvgIpc) is 3.39. The number of alkyl halides is 3. The highest BCUT2D eigenvalue weighted by atomic mass is 19.4. The second-order valence-electron chi connectivity index (χ2n) is 11.1. The summed E-state index contributed by atoms with van der Waals surface area (Å²) in [4.78, 5) is 28.9. The number of aromatic carboxylic acids is 1. The highest BCUT2D eigenvalue weighted by molar-refractivity contribution is 5.87. The van der Waals surface area contributed by atoms with E-state index in [4.69, 9.17) is 0 Å². The largest absolute Gasteiger partial charge is 0.475 e. The van der Waals surface area contributed by atoms with Crippen LogP contribution in [-0.4, -0.2) is 51.9 Å². The van der Waals surface area contributed by atoms with Crippen LogP contribution >= 0.6 is 0 Å². The predicted octanol–water partition coefficient (Wildman–Crippen LogP) is 6.93. The third-order valence-corrected chi connectivity index (χ3v) is 8.30. The molecule has 222 valence electrons. The quantitative estimate of drug-likeness (QED) is 0.238. The van der Waals surface area contributed by atoms with Gasteiger partial charge in [-0.15, -0.1) is 0 Å². The van der Waals surface area contributed by atoms with Crippen molar-refractivity contribution in [3.05, 3.63) is 77.1 Å². The zero-order chi connectivity index (χ0) is 29.9. The third-order valence-electron chi connectivity index (χ3n) is 8.30. The zero-order valence-corrected chi connectivity index (χ0v) is 23.5. The van der Waals surface area contributed by atoms with E-state index in [0.29, 0.717) is 29.7 Å². The van der Waals surface area contributed by atoms with Crippen LogP contribution in [-0.2, 0) is 12.7 Å². The monoisotopic (exact) mass is 580 g/mol. The number of aromatic nitrogens is 2. The van der Waals surface area contributed by atoms with Crippen LogP contribution in [0.2, 0.25) is 0 Å². The van der Waals surface area contributed by atoms with E-state index >= 15 is 0 Å². The van der Waals surface area contributed by atoms with Gasteiger partial charge in [0.25, 0.3) is 0 Å². The van der Waals surface area contributed by atoms with Gasteiger partial charge in [-0.2, -0.15) is 13.2 Å². The van der Waals surface area contributed by atoms with Gasteiger partial charge < -0.3 is 15.3 Å². The Morgan fingerprint density at radius 3 is 2.43 bits per heavy atom. The molecule has 0 radical (unpaired) electrons. The summed E-state index contributed by atoms with van der Waals surface area (Å²) in [6.45, 7) is 7.15. The maximum Gasteiger partial charge on any atom is 0.416 e. The van der Waals surface area contributed by atoms with Crippen LogP contribution in [0.3, 0.4) is 0 Å². The number of benzene rings is 2. The Kier molecular flexibility index (Phi) is 8.77. The molecule has 2 fully saturated rings. The van der Waals surface area contributed by atoms with Gasteiger partial charge in [0.05, 0.1) is 12.2 Å². The first-order chi connectivity index (χ1) is 20.1. The number of hydrogen-bond donors (Lipinski definition) is 2. The van der Waals surface area contributed by atoms with E-state index in [1.54, 1.807) is 0 Å². The number of carboxylic acid groups (broad SMARTS) is 1. The highest BCUT2D eigenvalue weighted by Crippen LogP contribution is 2.40. The van der Waals surface area contributed by atoms with Gasteiger partial charge in [-0.25, -0.2) is 19.8 Å². The number of anilines is 2. The van der Waals surface area contributed by atoms with Gasteiger partial charge in [0.15, 0.2) is 11.6 Å². The topological polar surface area (TPSA) is 93.9 Å². The van der Waals surface area contributed by atoms with Crippen LogP contribution in [0.15, 0.2) is 59.6 Å². The molecule has 1 aliphatic heterocycles. The first-order valence-electron chi connectivity index (χ1n) is 14.2. The molecule has 5 rings (SSSR count). The molecule has 0 spiro atoms. The molecule has 1 unspecified atom stereocenters. The number of carbonyl (C=O) groups is 1. The summed E-state index contributed by atoms with van der Waals surface area (Å²) in [5.74, 6) is -0.837. The molecule has 2 aliphatic rings. The van der Waals surface area contributed by atoms with Crippen molar-refractivity contribution in [2.24, 2.45) is 10.9 Å². The van der Waals surface area contributed by atoms with Gasteiger partial charge in [-0.05, 0) is 68.5 Å². The minimum atomic E-state index is -4.44. The molecule has 11 heteroatoms. The molecule has 1 aliphatic carbocycles. The lowest BCUT2D eigenvalue weighted by Crippen LogP contribution is -2.39. The average molecular weight is 581 g/mol. The number of carboxylic acids is 1. The van der Waals surface area contributed by atoms with Crippen LogP contribution in [0, 0.1) is 5.92 Å². The Bertz CT molecular complexity index is 1400. The molecule has 1 saturated heterocycles. The number of aliphatic imine (C=N–C) groups is 1. The number of nitrogens with one attached hydrogen (secondary N) is 1. The maximum absolute atomic E-state index is 13.3. The summed E-state index contributed by atoms with van der Waals surface area (Å²) in [5, 5.41) is 13.2. The predicted molar refractivity (Wildman–Crippen MR) is 156 cm³/mol. The van der Waals surface area contributed by atoms with Crippen molar-refractivity contribution in [1.82, 2.24) is 14.9 Å². The molecule has 2 N–H and O–H groups in total. The molecular weight excluding hydrogens is 545 g/mol. The highest BCUT2D eigenvalue weighted by Gasteiger charge is 2.33. The Labute approximate surface area is 243 Å². The molecule has 0 bridgehead atoms. The maximum atomic E-state index is 13.3. The van der Waals surface area contributed by atoms with Crippen molar-refractivity contribution in [3.8, 4) is 0 Å². The smallest absolute Gasteiger partial charge is 0.416 e. The van der Waals surface area contributed by atoms with E-state index in [9.17, 15) is 23.1 Å². The molecule has 2 aromatic carbocycles. The van der Waals surface area contributed by atoms with E-state index in [1.165, 1.54) is 17.7 Å². The van der Waals surface area contributed by atoms with Crippen LogP contribution in [0.25, 0.3) is 0 Å². The first kappa shape index (κ1) is 29.5. The summed E-state index contributed by atoms with van der Waals surface area (Å²) in [6, 6.07) is 15.4. The summed E-state index contributed by atoms with van der Waals surface area (Å²) >= 11 is 0. The summed E-state index contributed by atoms with van der Waals surface area (Å²) < 4.78 is 39.9. The van der Waals surface area contributed by atoms with Crippen molar-refractivity contribution in [2.75, 3.05) is 23.4 Å². The third kappa shape index (κ3) is 6.56. The van der Waals surface area contributed by atoms with Crippen LogP contribution in [0.5, 0.6) is 0 Å². The molecule has 2 heterocycles. The first-order valence-corrected chi connectivity index (χ1v) is 14.2. The normalized spacial score (nSPS) is 18.3. The fraction of sp³-hybridized carbons (Fsp3) is 0.419. The number of nitrogens with zero attached hydrogens (tertiary/aromatic N) is 5. The lowest BCUT2D eigenvalue weighted by atomic mass is 9.80. The van der Waals surface area contributed by atoms with E-state index in [2.05, 4.69) is 44.0 Å². The van der Waals surface area contributed by atoms with Crippen LogP contribution in [0.1, 0.15) is 72.4 Å². The van der Waals surface area contributed by atoms with Gasteiger partial charge in [0.1, 0.15) is 5.69 Å². The zero-order valence-electron chi connectivity index (χ0n) is 23.5. The number of rotatable bonds is 11. The number of halogens is 3. The van der Waals surface area contributed by atoms with E-state index in [0.717, 1.165) is 50.8 Å². The fourth-order valence-electron chi connectivity index (χ4n) is 5.80. The molecule has 1 saturated carbocycles. The molecule has 2 atom stereocenters. The van der Waals surface area contributed by atoms with Crippen molar-refractivity contribution < 1.29 is 23.1 Å². The van der Waals surface area contributed by atoms with Crippen LogP contribution < -0.4 is 10.2 Å². The molecule has 3 aromatic rings. The summed E-state index contributed by atoms with van der Waals surface area (Å²) in [7, 11) is 0. The minimum Gasteiger partial charge on any atom is -0.475 e. The lowest BCUT2D eigenvalue weighted by molar-refractivity contribution is -0.137. The van der Waals surface area contributed by atoms with Gasteiger partial charge in [0.2, 0.25) is 5.82 Å². The Hall–Kier alpha value is -3.99. The van der Waals surface area contributed by atoms with Gasteiger partial charge >= 0.3 is 12.1 Å². The van der Waals surface area contributed by atoms with Crippen molar-refractivity contribution in [2.45, 2.75) is 63.8 Å². The van der Waals surface area contributed by atoms with Crippen LogP contribution in [0.4, 0.5) is 30.5 Å². The van der Waals surface area contributed by atoms with E-state index in [1.807, 2.05) is 30.0 Å². The molecule has 8 nitrogen and oxygen atoms in total. The lowest BCUT2D eigenvalue weighted by Gasteiger charge is -2.36. The molecule has 42 heavy (non-hydrogen) atoms. The summed E-state index contributed by atoms with van der Waals surface area (Å²) in [5.41, 5.74) is 1.58. The Morgan fingerprint density at radius 2 is 1.83 bits per heavy atom. The molecule has 1 aromatic heterocycles. The van der Waals surface area contributed by atoms with Gasteiger partial charge in [0, 0.05) is 25.2 Å². The fourth-order valence-corrected chi connectivity index (χ4v) is 5.80. The second-order valence-corrected chi connectivity index (χ2v) is 11.1. The number of hydrogen-bond acceptors (Lipinski definition) is 7. The molecule has 0 amide bonds. The number of likely N-dealkylation sites (tertiary alicyclic amines) is 1. The summed E-state index contributed by atoms with van der Waals surface area (Å²) in [6.07, 6.45) is 0.778. The SMILES string of the molecule is C=Nc1nc(C(=O)O)nc(N[C@H](C)C2CCC2)c1N(Cc1ccc(C(F)(F)F)cc1)CN1CCCC1c1ccccc1. The standard InChI is InChI=1S/C31H35F3N6O2/c1-20(22-10-6-11-22)36-28-26(27(35-2)37-29(38-28)30(41)42)40(18-21-13-15-24(16-14-21)31(32,33)34)19-39-17-7-12-25(39)23-8-4-3-5-9-23/h3-5,8-9,13-16,20,22,25H,2,6-7,10-12,17-19H2,1H3,(H,41,42)(H,36,37,38)/t20-,25?/m1/s1. The Balaban J connectivity index is 1.56. The van der Waals surface area contributed by atoms with E-state index in [-0.39, 0.29) is 24.4 Å². The minimum absolute atomic E-state index is 0.0171. The van der Waals surface area contributed by atoms with Crippen molar-refractivity contribution in [3.63, 3.8) is 0 Å². The Morgan fingerprint density at radius 1 is 1.12 bits per heavy atom. The van der Waals surface area contributed by atoms with Crippen molar-refractivity contribution >= 4 is 30.0 Å². The van der Waals surface area contributed by atoms with Crippen molar-refractivity contribution in [1.29, 1.82) is 0 Å². The van der Waals surface area contributed by atoms with E-state index < -0.39 is 23.5 Å².